The molecule has 0 bridgehead atoms. The number of hydrogen-bond acceptors (Lipinski definition) is 7. The molecule has 0 aliphatic carbocycles. The molecule has 6 unspecified atom stereocenters. The maximum absolute atomic E-state index is 13.0. The normalized spacial score (nSPS) is 16.3. The summed E-state index contributed by atoms with van der Waals surface area (Å²) in [5.74, 6) is -4.60. The lowest BCUT2D eigenvalue weighted by Gasteiger charge is -2.28. The van der Waals surface area contributed by atoms with Crippen molar-refractivity contribution < 1.29 is 29.1 Å². The molecule has 0 heterocycles. The fraction of sp³-hybridized carbons (Fsp3) is 0.773. The van der Waals surface area contributed by atoms with Crippen molar-refractivity contribution in [2.24, 2.45) is 29.0 Å². The summed E-state index contributed by atoms with van der Waals surface area (Å²) in [7, 11) is 0. The van der Waals surface area contributed by atoms with E-state index in [0.29, 0.717) is 32.2 Å². The predicted octanol–water partition coefficient (Wildman–Crippen LogP) is -1.05. The van der Waals surface area contributed by atoms with E-state index in [9.17, 15) is 29.1 Å². The molecule has 10 N–H and O–H groups in total. The van der Waals surface area contributed by atoms with Crippen LogP contribution >= 0.6 is 0 Å². The van der Waals surface area contributed by atoms with Gasteiger partial charge >= 0.3 is 5.97 Å². The minimum atomic E-state index is -1.41. The monoisotopic (exact) mass is 486 g/mol. The van der Waals surface area contributed by atoms with Crippen molar-refractivity contribution in [3.8, 4) is 0 Å². The van der Waals surface area contributed by atoms with Gasteiger partial charge in [0.15, 0.2) is 0 Å². The van der Waals surface area contributed by atoms with Crippen LogP contribution < -0.4 is 33.2 Å². The van der Waals surface area contributed by atoms with Crippen LogP contribution in [0, 0.1) is 11.8 Å². The highest BCUT2D eigenvalue weighted by atomic mass is 16.4. The first-order valence-electron chi connectivity index (χ1n) is 11.8. The van der Waals surface area contributed by atoms with Crippen molar-refractivity contribution in [2.75, 3.05) is 6.54 Å². The van der Waals surface area contributed by atoms with Crippen LogP contribution in [0.15, 0.2) is 0 Å². The van der Waals surface area contributed by atoms with Gasteiger partial charge in [-0.15, -0.1) is 0 Å². The number of unbranched alkanes of at least 4 members (excludes halogenated alkanes) is 1. The second-order valence-corrected chi connectivity index (χ2v) is 8.70. The maximum atomic E-state index is 13.0. The first-order valence-corrected chi connectivity index (χ1v) is 11.8. The average molecular weight is 487 g/mol. The van der Waals surface area contributed by atoms with Crippen molar-refractivity contribution >= 4 is 29.6 Å². The van der Waals surface area contributed by atoms with Gasteiger partial charge in [0, 0.05) is 0 Å². The summed E-state index contributed by atoms with van der Waals surface area (Å²) in [4.78, 5) is 61.4. The van der Waals surface area contributed by atoms with Gasteiger partial charge in [0.05, 0.1) is 12.5 Å². The Hall–Kier alpha value is -2.73. The Morgan fingerprint density at radius 1 is 0.824 bits per heavy atom. The maximum Gasteiger partial charge on any atom is 0.326 e. The Kier molecular flexibility index (Phi) is 14.7. The number of hydrogen-bond donors (Lipinski definition) is 7. The molecule has 0 rings (SSSR count). The molecule has 6 atom stereocenters. The molecule has 0 aromatic heterocycles. The molecular formula is C22H42N6O6. The van der Waals surface area contributed by atoms with Gasteiger partial charge in [0.25, 0.3) is 0 Å². The average Bonchev–Trinajstić information content (AvgIpc) is 2.78. The fourth-order valence-electron chi connectivity index (χ4n) is 3.16. The number of carbonyl (C=O) groups excluding carboxylic acids is 4. The van der Waals surface area contributed by atoms with Crippen LogP contribution in [-0.4, -0.2) is 65.4 Å². The van der Waals surface area contributed by atoms with Crippen LogP contribution in [0.25, 0.3) is 0 Å². The topological polar surface area (TPSA) is 220 Å². The number of amides is 4. The van der Waals surface area contributed by atoms with E-state index >= 15 is 0 Å². The van der Waals surface area contributed by atoms with Crippen LogP contribution in [0.2, 0.25) is 0 Å². The zero-order valence-electron chi connectivity index (χ0n) is 20.6. The molecule has 0 spiro atoms. The minimum Gasteiger partial charge on any atom is -0.480 e. The molecule has 196 valence electrons. The summed E-state index contributed by atoms with van der Waals surface area (Å²) < 4.78 is 0. The molecular weight excluding hydrogens is 444 g/mol. The van der Waals surface area contributed by atoms with E-state index in [-0.39, 0.29) is 18.3 Å². The van der Waals surface area contributed by atoms with Gasteiger partial charge < -0.3 is 38.3 Å². The third-order valence-electron chi connectivity index (χ3n) is 5.95. The summed E-state index contributed by atoms with van der Waals surface area (Å²) in [5.41, 5.74) is 16.6. The van der Waals surface area contributed by atoms with E-state index in [1.807, 2.05) is 20.8 Å². The molecule has 0 aromatic rings. The van der Waals surface area contributed by atoms with E-state index in [1.54, 1.807) is 6.92 Å². The molecule has 0 aliphatic heterocycles. The number of primary amides is 1. The van der Waals surface area contributed by atoms with Crippen LogP contribution in [0.5, 0.6) is 0 Å². The largest absolute Gasteiger partial charge is 0.480 e. The van der Waals surface area contributed by atoms with Crippen molar-refractivity contribution in [1.82, 2.24) is 16.0 Å². The Morgan fingerprint density at radius 2 is 1.38 bits per heavy atom. The van der Waals surface area contributed by atoms with Crippen LogP contribution in [-0.2, 0) is 24.0 Å². The second kappa shape index (κ2) is 16.0. The molecule has 4 amide bonds. The smallest absolute Gasteiger partial charge is 0.326 e. The van der Waals surface area contributed by atoms with Crippen LogP contribution in [0.3, 0.4) is 0 Å². The zero-order chi connectivity index (χ0) is 26.4. The van der Waals surface area contributed by atoms with Crippen LogP contribution in [0.4, 0.5) is 0 Å². The number of nitrogens with two attached hydrogens (primary N) is 3. The summed E-state index contributed by atoms with van der Waals surface area (Å²) in [6.07, 6.45) is 1.85. The third-order valence-corrected chi connectivity index (χ3v) is 5.95. The number of aliphatic carboxylic acids is 1. The van der Waals surface area contributed by atoms with Crippen LogP contribution in [0.1, 0.15) is 66.2 Å². The Balaban J connectivity index is 5.55. The number of carboxylic acid groups (broad SMARTS) is 1. The standard InChI is InChI=1S/C22H42N6O6/c1-5-12(3)17(25)20(31)28-18(13(4)6-2)21(32)27-15(11-16(24)29)19(30)26-14(22(33)34)9-7-8-10-23/h12-15,17-18H,5-11,23,25H2,1-4H3,(H2,24,29)(H,26,30)(H,27,32)(H,28,31)(H,33,34). The Labute approximate surface area is 201 Å². The van der Waals surface area contributed by atoms with Crippen molar-refractivity contribution in [1.29, 1.82) is 0 Å². The van der Waals surface area contributed by atoms with Gasteiger partial charge in [-0.1, -0.05) is 40.5 Å². The number of carboxylic acids is 1. The lowest BCUT2D eigenvalue weighted by Crippen LogP contribution is -2.59. The van der Waals surface area contributed by atoms with Gasteiger partial charge in [-0.3, -0.25) is 19.2 Å². The summed E-state index contributed by atoms with van der Waals surface area (Å²) in [5, 5.41) is 16.8. The lowest BCUT2D eigenvalue weighted by atomic mass is 9.95. The van der Waals surface area contributed by atoms with Crippen molar-refractivity contribution in [3.63, 3.8) is 0 Å². The second-order valence-electron chi connectivity index (χ2n) is 8.70. The first kappa shape index (κ1) is 31.3. The van der Waals surface area contributed by atoms with Gasteiger partial charge in [-0.05, 0) is 37.6 Å². The summed E-state index contributed by atoms with van der Waals surface area (Å²) >= 11 is 0. The fourth-order valence-corrected chi connectivity index (χ4v) is 3.16. The quantitative estimate of drug-likeness (QED) is 0.125. The van der Waals surface area contributed by atoms with Crippen molar-refractivity contribution in [2.45, 2.75) is 90.4 Å². The molecule has 12 heteroatoms. The number of carbonyl (C=O) groups is 5. The highest BCUT2D eigenvalue weighted by Gasteiger charge is 2.33. The van der Waals surface area contributed by atoms with E-state index < -0.39 is 60.2 Å². The van der Waals surface area contributed by atoms with Crippen molar-refractivity contribution in [3.05, 3.63) is 0 Å². The number of nitrogens with one attached hydrogen (secondary N) is 3. The Bertz CT molecular complexity index is 703. The molecule has 0 aliphatic rings. The number of rotatable bonds is 17. The zero-order valence-corrected chi connectivity index (χ0v) is 20.6. The van der Waals surface area contributed by atoms with E-state index in [0.717, 1.165) is 0 Å². The van der Waals surface area contributed by atoms with E-state index in [1.165, 1.54) is 0 Å². The molecule has 0 aromatic carbocycles. The third kappa shape index (κ3) is 10.9. The molecule has 12 nitrogen and oxygen atoms in total. The van der Waals surface area contributed by atoms with Gasteiger partial charge in [-0.25, -0.2) is 4.79 Å². The predicted molar refractivity (Wildman–Crippen MR) is 127 cm³/mol. The van der Waals surface area contributed by atoms with E-state index in [2.05, 4.69) is 16.0 Å². The lowest BCUT2D eigenvalue weighted by molar-refractivity contribution is -0.142. The summed E-state index contributed by atoms with van der Waals surface area (Å²) in [6, 6.07) is -4.47. The van der Waals surface area contributed by atoms with Gasteiger partial charge in [-0.2, -0.15) is 0 Å². The SMILES string of the molecule is CCC(C)C(N)C(=O)NC(C(=O)NC(CC(N)=O)C(=O)NC(CCCCN)C(=O)O)C(C)CC. The molecule has 0 saturated heterocycles. The molecule has 0 radical (unpaired) electrons. The van der Waals surface area contributed by atoms with E-state index in [4.69, 9.17) is 17.2 Å². The Morgan fingerprint density at radius 3 is 1.85 bits per heavy atom. The van der Waals surface area contributed by atoms with Gasteiger partial charge in [0.1, 0.15) is 18.1 Å². The minimum absolute atomic E-state index is 0.110. The summed E-state index contributed by atoms with van der Waals surface area (Å²) in [6.45, 7) is 7.68. The highest BCUT2D eigenvalue weighted by Crippen LogP contribution is 2.12. The molecule has 0 saturated carbocycles. The molecule has 34 heavy (non-hydrogen) atoms. The first-order chi connectivity index (χ1) is 15.9. The molecule has 0 fully saturated rings. The highest BCUT2D eigenvalue weighted by molar-refractivity contribution is 5.96. The van der Waals surface area contributed by atoms with Gasteiger partial charge in [0.2, 0.25) is 23.6 Å².